The van der Waals surface area contributed by atoms with Gasteiger partial charge in [0.2, 0.25) is 0 Å². The summed E-state index contributed by atoms with van der Waals surface area (Å²) in [5, 5.41) is 15.2. The number of aryl methyl sites for hydroxylation is 1. The molecule has 0 amide bonds. The van der Waals surface area contributed by atoms with Crippen LogP contribution in [0, 0.1) is 18.3 Å². The van der Waals surface area contributed by atoms with Gasteiger partial charge >= 0.3 is 6.18 Å². The number of nitrogens with zero attached hydrogens (tertiary/aromatic N) is 3. The molecule has 0 saturated heterocycles. The van der Waals surface area contributed by atoms with E-state index in [0.29, 0.717) is 27.8 Å². The molecule has 0 fully saturated rings. The molecule has 0 unspecified atom stereocenters. The summed E-state index contributed by atoms with van der Waals surface area (Å²) in [5.41, 5.74) is 17.9. The van der Waals surface area contributed by atoms with Gasteiger partial charge in [0.25, 0.3) is 0 Å². The second-order valence-electron chi connectivity index (χ2n) is 20.0. The summed E-state index contributed by atoms with van der Waals surface area (Å²) in [4.78, 5) is 0. The quantitative estimate of drug-likeness (QED) is 0.173. The maximum Gasteiger partial charge on any atom is 0.416 e. The van der Waals surface area contributed by atoms with Gasteiger partial charge in [-0.2, -0.15) is 18.4 Å². The molecule has 3 nitrogen and oxygen atoms in total. The van der Waals surface area contributed by atoms with Gasteiger partial charge in [0.15, 0.2) is 0 Å². The summed E-state index contributed by atoms with van der Waals surface area (Å²) < 4.78 is 48.7. The van der Waals surface area contributed by atoms with Gasteiger partial charge in [-0.25, -0.2) is 0 Å². The molecule has 13 rings (SSSR count). The van der Waals surface area contributed by atoms with Crippen molar-refractivity contribution in [3.8, 4) is 62.0 Å². The SMILES string of the molecule is Cc1cc(-c2ccc(-n3c4ccccc4c4c5c(ccc43)-c3ccccc3C5(C)C)cc2-c2cc(C#N)ccc2-n2c3ccccc3c3c4c(ccc32)-c2ccccc2C4(C)C)cc(C(F)(F)F)c1. The molecule has 332 valence electrons. The van der Waals surface area contributed by atoms with Crippen molar-refractivity contribution in [1.82, 2.24) is 9.13 Å². The third-order valence-corrected chi connectivity index (χ3v) is 15.3. The molecule has 0 bridgehead atoms. The number of benzene rings is 9. The van der Waals surface area contributed by atoms with Crippen LogP contribution in [-0.4, -0.2) is 9.13 Å². The van der Waals surface area contributed by atoms with E-state index in [1.165, 1.54) is 62.0 Å². The van der Waals surface area contributed by atoms with Gasteiger partial charge in [0.1, 0.15) is 0 Å². The molecule has 0 atom stereocenters. The van der Waals surface area contributed by atoms with Gasteiger partial charge in [-0.05, 0) is 140 Å². The van der Waals surface area contributed by atoms with Crippen LogP contribution in [0.15, 0.2) is 176 Å². The number of para-hydroxylation sites is 2. The predicted octanol–water partition coefficient (Wildman–Crippen LogP) is 17.0. The molecule has 0 radical (unpaired) electrons. The third kappa shape index (κ3) is 5.68. The highest BCUT2D eigenvalue weighted by atomic mass is 19.4. The Labute approximate surface area is 398 Å². The fourth-order valence-corrected chi connectivity index (χ4v) is 12.5. The highest BCUT2D eigenvalue weighted by Crippen LogP contribution is 2.55. The van der Waals surface area contributed by atoms with Crippen molar-refractivity contribution < 1.29 is 13.2 Å². The maximum absolute atomic E-state index is 14.7. The first-order valence-corrected chi connectivity index (χ1v) is 23.5. The topological polar surface area (TPSA) is 33.6 Å². The first kappa shape index (κ1) is 41.1. The monoisotopic (exact) mass is 899 g/mol. The number of halogens is 3. The lowest BCUT2D eigenvalue weighted by atomic mass is 9.80. The molecule has 0 spiro atoms. The Kier molecular flexibility index (Phi) is 8.45. The first-order valence-electron chi connectivity index (χ1n) is 23.5. The zero-order valence-electron chi connectivity index (χ0n) is 38.7. The van der Waals surface area contributed by atoms with Crippen molar-refractivity contribution in [2.45, 2.75) is 51.6 Å². The van der Waals surface area contributed by atoms with Crippen molar-refractivity contribution in [1.29, 1.82) is 5.26 Å². The summed E-state index contributed by atoms with van der Waals surface area (Å²) in [7, 11) is 0. The van der Waals surface area contributed by atoms with Crippen LogP contribution in [0.2, 0.25) is 0 Å². The Morgan fingerprint density at radius 1 is 0.464 bits per heavy atom. The van der Waals surface area contributed by atoms with Crippen LogP contribution in [0.5, 0.6) is 0 Å². The van der Waals surface area contributed by atoms with Gasteiger partial charge in [0, 0.05) is 43.6 Å². The van der Waals surface area contributed by atoms with Crippen molar-refractivity contribution >= 4 is 43.6 Å². The number of hydrogen-bond acceptors (Lipinski definition) is 1. The Morgan fingerprint density at radius 3 is 1.59 bits per heavy atom. The molecule has 0 N–H and O–H groups in total. The van der Waals surface area contributed by atoms with Crippen molar-refractivity contribution in [3.63, 3.8) is 0 Å². The second kappa shape index (κ2) is 14.2. The van der Waals surface area contributed by atoms with E-state index in [4.69, 9.17) is 0 Å². The Bertz CT molecular complexity index is 4090. The summed E-state index contributed by atoms with van der Waals surface area (Å²) in [6, 6.07) is 61.7. The number of nitriles is 1. The van der Waals surface area contributed by atoms with E-state index in [9.17, 15) is 18.4 Å². The van der Waals surface area contributed by atoms with Crippen molar-refractivity contribution in [2.75, 3.05) is 0 Å². The molecule has 9 aromatic carbocycles. The number of alkyl halides is 3. The lowest BCUT2D eigenvalue weighted by Gasteiger charge is -2.23. The number of fused-ring (bicyclic) bond motifs is 14. The molecule has 2 aliphatic rings. The Balaban J connectivity index is 1.13. The molecule has 6 heteroatoms. The fraction of sp³-hybridized carbons (Fsp3) is 0.127. The smallest absolute Gasteiger partial charge is 0.309 e. The van der Waals surface area contributed by atoms with Gasteiger partial charge in [-0.1, -0.05) is 137 Å². The molecule has 0 saturated carbocycles. The Morgan fingerprint density at radius 2 is 1.00 bits per heavy atom. The number of hydrogen-bond donors (Lipinski definition) is 0. The van der Waals surface area contributed by atoms with Crippen molar-refractivity contribution in [3.05, 3.63) is 215 Å². The van der Waals surface area contributed by atoms with Gasteiger partial charge in [0.05, 0.1) is 45.0 Å². The van der Waals surface area contributed by atoms with Gasteiger partial charge in [-0.3, -0.25) is 0 Å². The van der Waals surface area contributed by atoms with Crippen LogP contribution in [-0.2, 0) is 17.0 Å². The molecular weight excluding hydrogens is 856 g/mol. The summed E-state index contributed by atoms with van der Waals surface area (Å²) in [6.45, 7) is 10.9. The lowest BCUT2D eigenvalue weighted by Crippen LogP contribution is -2.15. The summed E-state index contributed by atoms with van der Waals surface area (Å²) in [6.07, 6.45) is -4.56. The largest absolute Gasteiger partial charge is 0.416 e. The predicted molar refractivity (Wildman–Crippen MR) is 276 cm³/mol. The summed E-state index contributed by atoms with van der Waals surface area (Å²) >= 11 is 0. The van der Waals surface area contributed by atoms with Crippen LogP contribution in [0.1, 0.15) is 66.6 Å². The summed E-state index contributed by atoms with van der Waals surface area (Å²) in [5.74, 6) is 0. The van der Waals surface area contributed by atoms with Crippen LogP contribution >= 0.6 is 0 Å². The zero-order chi connectivity index (χ0) is 47.3. The average molecular weight is 900 g/mol. The van der Waals surface area contributed by atoms with E-state index >= 15 is 0 Å². The van der Waals surface area contributed by atoms with Gasteiger partial charge in [-0.15, -0.1) is 0 Å². The third-order valence-electron chi connectivity index (χ3n) is 15.3. The molecule has 0 aliphatic heterocycles. The second-order valence-corrected chi connectivity index (χ2v) is 20.0. The lowest BCUT2D eigenvalue weighted by molar-refractivity contribution is -0.137. The van der Waals surface area contributed by atoms with E-state index in [2.05, 4.69) is 170 Å². The van der Waals surface area contributed by atoms with Crippen LogP contribution in [0.3, 0.4) is 0 Å². The minimum atomic E-state index is -4.56. The average Bonchev–Trinajstić information content (AvgIpc) is 4.02. The minimum absolute atomic E-state index is 0.274. The highest BCUT2D eigenvalue weighted by Gasteiger charge is 2.40. The molecule has 2 aromatic heterocycles. The standard InChI is InChI=1S/C63H44F3N3/c1-36-30-38(33-39(31-36)63(64,65)66)41-24-23-40(68-52-20-12-8-16-46(52)57-55(68)28-25-44-42-14-6-10-18-50(42)61(2,3)59(44)57)34-48(41)49-32-37(35-67)22-27-54(49)69-53-21-13-9-17-47(53)58-56(69)29-26-45-43-15-7-11-19-51(43)62(4,5)60(45)58/h6-34H,1-5H3. The van der Waals surface area contributed by atoms with Crippen LogP contribution in [0.4, 0.5) is 13.2 Å². The fourth-order valence-electron chi connectivity index (χ4n) is 12.5. The van der Waals surface area contributed by atoms with Crippen LogP contribution < -0.4 is 0 Å². The normalized spacial score (nSPS) is 14.3. The van der Waals surface area contributed by atoms with E-state index < -0.39 is 11.7 Å². The number of aromatic nitrogens is 2. The zero-order valence-corrected chi connectivity index (χ0v) is 38.7. The number of rotatable bonds is 4. The maximum atomic E-state index is 14.7. The molecule has 11 aromatic rings. The highest BCUT2D eigenvalue weighted by molar-refractivity contribution is 6.16. The van der Waals surface area contributed by atoms with Gasteiger partial charge < -0.3 is 9.13 Å². The first-order chi connectivity index (χ1) is 33.3. The minimum Gasteiger partial charge on any atom is -0.309 e. The van der Waals surface area contributed by atoms with Crippen molar-refractivity contribution in [2.24, 2.45) is 0 Å². The van der Waals surface area contributed by atoms with E-state index in [0.717, 1.165) is 55.2 Å². The molecule has 2 heterocycles. The van der Waals surface area contributed by atoms with E-state index in [1.54, 1.807) is 6.92 Å². The van der Waals surface area contributed by atoms with E-state index in [1.807, 2.05) is 36.4 Å². The molecule has 2 aliphatic carbocycles. The Hall–Kier alpha value is -8.14. The van der Waals surface area contributed by atoms with Crippen LogP contribution in [0.25, 0.3) is 99.5 Å². The van der Waals surface area contributed by atoms with E-state index in [-0.39, 0.29) is 10.8 Å². The molecule has 69 heavy (non-hydrogen) atoms. The molecular formula is C63H44F3N3.